The van der Waals surface area contributed by atoms with Crippen LogP contribution in [-0.2, 0) is 11.3 Å². The van der Waals surface area contributed by atoms with E-state index in [0.717, 1.165) is 45.8 Å². The van der Waals surface area contributed by atoms with Gasteiger partial charge >= 0.3 is 0 Å². The monoisotopic (exact) mass is 342 g/mol. The van der Waals surface area contributed by atoms with Crippen molar-refractivity contribution in [3.05, 3.63) is 28.2 Å². The van der Waals surface area contributed by atoms with Gasteiger partial charge in [-0.2, -0.15) is 0 Å². The maximum Gasteiger partial charge on any atom is 0.0641 e. The number of benzene rings is 1. The van der Waals surface area contributed by atoms with E-state index in [2.05, 4.69) is 58.2 Å². The number of rotatable bonds is 10. The van der Waals surface area contributed by atoms with Gasteiger partial charge in [0.1, 0.15) is 0 Å². The van der Waals surface area contributed by atoms with E-state index < -0.39 is 0 Å². The predicted molar refractivity (Wildman–Crippen MR) is 90.5 cm³/mol. The van der Waals surface area contributed by atoms with Crippen LogP contribution in [0.5, 0.6) is 0 Å². The van der Waals surface area contributed by atoms with Gasteiger partial charge in [0.15, 0.2) is 0 Å². The Labute approximate surface area is 131 Å². The minimum atomic E-state index is 0.780. The highest BCUT2D eigenvalue weighted by molar-refractivity contribution is 9.10. The molecule has 0 atom stereocenters. The van der Waals surface area contributed by atoms with E-state index in [1.807, 2.05) is 6.92 Å². The van der Waals surface area contributed by atoms with Crippen molar-refractivity contribution in [1.82, 2.24) is 5.32 Å². The molecule has 0 radical (unpaired) electrons. The molecule has 0 aromatic heterocycles. The van der Waals surface area contributed by atoms with Crippen LogP contribution in [-0.4, -0.2) is 32.8 Å². The number of nitrogens with one attached hydrogen (secondary N) is 1. The Bertz CT molecular complexity index is 385. The van der Waals surface area contributed by atoms with Gasteiger partial charge in [0.25, 0.3) is 0 Å². The van der Waals surface area contributed by atoms with Crippen LogP contribution in [0.15, 0.2) is 22.7 Å². The number of hydrogen-bond donors (Lipinski definition) is 1. The molecule has 0 bridgehead atoms. The Kier molecular flexibility index (Phi) is 8.90. The van der Waals surface area contributed by atoms with Gasteiger partial charge in [0.05, 0.1) is 6.61 Å². The Morgan fingerprint density at radius 3 is 2.65 bits per heavy atom. The summed E-state index contributed by atoms with van der Waals surface area (Å²) in [6, 6.07) is 6.60. The molecule has 0 amide bonds. The molecule has 4 heteroatoms. The van der Waals surface area contributed by atoms with Crippen molar-refractivity contribution in [2.75, 3.05) is 37.7 Å². The molecule has 0 aliphatic carbocycles. The molecule has 0 heterocycles. The zero-order chi connectivity index (χ0) is 14.8. The molecule has 0 saturated carbocycles. The van der Waals surface area contributed by atoms with E-state index in [0.29, 0.717) is 0 Å². The molecule has 0 aliphatic rings. The van der Waals surface area contributed by atoms with E-state index in [9.17, 15) is 0 Å². The smallest absolute Gasteiger partial charge is 0.0641 e. The van der Waals surface area contributed by atoms with E-state index >= 15 is 0 Å². The van der Waals surface area contributed by atoms with Crippen LogP contribution >= 0.6 is 15.9 Å². The molecule has 1 N–H and O–H groups in total. The first-order valence-electron chi connectivity index (χ1n) is 7.54. The van der Waals surface area contributed by atoms with Gasteiger partial charge in [-0.1, -0.05) is 28.9 Å². The summed E-state index contributed by atoms with van der Waals surface area (Å²) in [5, 5.41) is 3.43. The molecule has 1 aromatic rings. The number of ether oxygens (including phenoxy) is 1. The number of halogens is 1. The summed E-state index contributed by atoms with van der Waals surface area (Å²) >= 11 is 3.68. The number of hydrogen-bond acceptors (Lipinski definition) is 3. The lowest BCUT2D eigenvalue weighted by atomic mass is 10.2. The summed E-state index contributed by atoms with van der Waals surface area (Å²) in [4.78, 5) is 2.34. The Morgan fingerprint density at radius 2 is 2.05 bits per heavy atom. The summed E-state index contributed by atoms with van der Waals surface area (Å²) in [6.45, 7) is 11.9. The van der Waals surface area contributed by atoms with Crippen LogP contribution < -0.4 is 10.2 Å². The topological polar surface area (TPSA) is 24.5 Å². The van der Waals surface area contributed by atoms with Crippen molar-refractivity contribution < 1.29 is 4.74 Å². The Balaban J connectivity index is 2.63. The fourth-order valence-electron chi connectivity index (χ4n) is 2.06. The number of nitrogens with zero attached hydrogens (tertiary/aromatic N) is 1. The lowest BCUT2D eigenvalue weighted by Crippen LogP contribution is -2.27. The van der Waals surface area contributed by atoms with E-state index in [-0.39, 0.29) is 0 Å². The van der Waals surface area contributed by atoms with Crippen molar-refractivity contribution in [3.63, 3.8) is 0 Å². The highest BCUT2D eigenvalue weighted by Gasteiger charge is 2.07. The first kappa shape index (κ1) is 17.5. The van der Waals surface area contributed by atoms with Gasteiger partial charge in [-0.25, -0.2) is 0 Å². The van der Waals surface area contributed by atoms with Crippen LogP contribution in [0.4, 0.5) is 5.69 Å². The van der Waals surface area contributed by atoms with Gasteiger partial charge in [-0.05, 0) is 44.5 Å². The number of anilines is 1. The predicted octanol–water partition coefficient (Wildman–Crippen LogP) is 3.81. The largest absolute Gasteiger partial charge is 0.380 e. The third-order valence-electron chi connectivity index (χ3n) is 3.24. The molecule has 3 nitrogen and oxygen atoms in total. The fraction of sp³-hybridized carbons (Fsp3) is 0.625. The summed E-state index contributed by atoms with van der Waals surface area (Å²) in [5.74, 6) is 0. The average molecular weight is 343 g/mol. The van der Waals surface area contributed by atoms with Crippen molar-refractivity contribution in [3.8, 4) is 0 Å². The van der Waals surface area contributed by atoms with Crippen molar-refractivity contribution in [2.24, 2.45) is 0 Å². The van der Waals surface area contributed by atoms with Crippen molar-refractivity contribution in [2.45, 2.75) is 33.7 Å². The first-order valence-corrected chi connectivity index (χ1v) is 8.34. The van der Waals surface area contributed by atoms with Crippen LogP contribution in [0.1, 0.15) is 32.8 Å². The first-order chi connectivity index (χ1) is 9.72. The SMILES string of the molecule is CCCNCc1ccc(N(CC)CCOCC)cc1Br. The normalized spacial score (nSPS) is 10.8. The van der Waals surface area contributed by atoms with Gasteiger partial charge < -0.3 is 15.0 Å². The molecule has 0 aliphatic heterocycles. The lowest BCUT2D eigenvalue weighted by Gasteiger charge is -2.23. The van der Waals surface area contributed by atoms with Crippen molar-refractivity contribution >= 4 is 21.6 Å². The summed E-state index contributed by atoms with van der Waals surface area (Å²) in [5.41, 5.74) is 2.56. The third kappa shape index (κ3) is 5.81. The van der Waals surface area contributed by atoms with Gasteiger partial charge in [0.2, 0.25) is 0 Å². The molecule has 0 saturated heterocycles. The minimum absolute atomic E-state index is 0.780. The van der Waals surface area contributed by atoms with Crippen LogP contribution in [0, 0.1) is 0 Å². The summed E-state index contributed by atoms with van der Waals surface area (Å²) in [6.07, 6.45) is 1.16. The summed E-state index contributed by atoms with van der Waals surface area (Å²) in [7, 11) is 0. The standard InChI is InChI=1S/C16H27BrN2O/c1-4-9-18-13-14-7-8-15(12-16(14)17)19(5-2)10-11-20-6-3/h7-8,12,18H,4-6,9-11,13H2,1-3H3. The zero-order valence-corrected chi connectivity index (χ0v) is 14.5. The second-order valence-electron chi connectivity index (χ2n) is 4.73. The zero-order valence-electron chi connectivity index (χ0n) is 12.9. The third-order valence-corrected chi connectivity index (χ3v) is 3.97. The second-order valence-corrected chi connectivity index (χ2v) is 5.58. The molecule has 20 heavy (non-hydrogen) atoms. The highest BCUT2D eigenvalue weighted by Crippen LogP contribution is 2.24. The molecular weight excluding hydrogens is 316 g/mol. The van der Waals surface area contributed by atoms with Crippen LogP contribution in [0.3, 0.4) is 0 Å². The Morgan fingerprint density at radius 1 is 1.25 bits per heavy atom. The number of likely N-dealkylation sites (N-methyl/N-ethyl adjacent to an activating group) is 1. The minimum Gasteiger partial charge on any atom is -0.380 e. The van der Waals surface area contributed by atoms with Gasteiger partial charge in [-0.3, -0.25) is 0 Å². The molecular formula is C16H27BrN2O. The van der Waals surface area contributed by atoms with E-state index in [1.54, 1.807) is 0 Å². The molecule has 1 aromatic carbocycles. The van der Waals surface area contributed by atoms with Crippen molar-refractivity contribution in [1.29, 1.82) is 0 Å². The van der Waals surface area contributed by atoms with Crippen LogP contribution in [0.2, 0.25) is 0 Å². The second kappa shape index (κ2) is 10.2. The van der Waals surface area contributed by atoms with Crippen LogP contribution in [0.25, 0.3) is 0 Å². The average Bonchev–Trinajstić information content (AvgIpc) is 2.46. The highest BCUT2D eigenvalue weighted by atomic mass is 79.9. The molecule has 0 fully saturated rings. The maximum absolute atomic E-state index is 5.44. The lowest BCUT2D eigenvalue weighted by molar-refractivity contribution is 0.154. The quantitative estimate of drug-likeness (QED) is 0.654. The van der Waals surface area contributed by atoms with E-state index in [4.69, 9.17) is 4.74 Å². The molecule has 0 spiro atoms. The maximum atomic E-state index is 5.44. The summed E-state index contributed by atoms with van der Waals surface area (Å²) < 4.78 is 6.62. The molecule has 0 unspecified atom stereocenters. The van der Waals surface area contributed by atoms with Gasteiger partial charge in [-0.15, -0.1) is 0 Å². The van der Waals surface area contributed by atoms with E-state index in [1.165, 1.54) is 15.7 Å². The molecule has 1 rings (SSSR count). The Hall–Kier alpha value is -0.580. The molecule has 114 valence electrons. The van der Waals surface area contributed by atoms with Gasteiger partial charge in [0, 0.05) is 36.4 Å². The fourth-order valence-corrected chi connectivity index (χ4v) is 2.57.